The van der Waals surface area contributed by atoms with Crippen LogP contribution in [-0.2, 0) is 5.60 Å². The van der Waals surface area contributed by atoms with Gasteiger partial charge < -0.3 is 5.11 Å². The summed E-state index contributed by atoms with van der Waals surface area (Å²) < 4.78 is 13.7. The van der Waals surface area contributed by atoms with Gasteiger partial charge in [-0.25, -0.2) is 4.39 Å². The fraction of sp³-hybridized carbons (Fsp3) is 0.462. The molecule has 1 saturated carbocycles. The van der Waals surface area contributed by atoms with E-state index in [0.29, 0.717) is 18.4 Å². The molecule has 0 aliphatic heterocycles. The van der Waals surface area contributed by atoms with Gasteiger partial charge in [0.1, 0.15) is 5.82 Å². The number of aliphatic hydroxyl groups is 1. The summed E-state index contributed by atoms with van der Waals surface area (Å²) in [4.78, 5) is 0. The van der Waals surface area contributed by atoms with E-state index in [2.05, 4.69) is 0 Å². The normalized spacial score (nSPS) is 19.1. The molecule has 1 aromatic rings. The van der Waals surface area contributed by atoms with Crippen LogP contribution in [0.25, 0.3) is 0 Å². The molecule has 3 heteroatoms. The summed E-state index contributed by atoms with van der Waals surface area (Å²) in [5.74, 6) is -0.414. The molecule has 1 aliphatic rings. The summed E-state index contributed by atoms with van der Waals surface area (Å²) >= 11 is 0. The predicted molar refractivity (Wildman–Crippen MR) is 58.1 cm³/mol. The highest BCUT2D eigenvalue weighted by Gasteiger charge is 2.33. The Labute approximate surface area is 94.3 Å². The van der Waals surface area contributed by atoms with Crippen LogP contribution in [0.3, 0.4) is 0 Å². The van der Waals surface area contributed by atoms with Crippen LogP contribution in [0.4, 0.5) is 4.39 Å². The maximum atomic E-state index is 13.7. The summed E-state index contributed by atoms with van der Waals surface area (Å²) in [5.41, 5.74) is -0.392. The van der Waals surface area contributed by atoms with Crippen LogP contribution < -0.4 is 0 Å². The molecule has 0 bridgehead atoms. The molecule has 0 radical (unpaired) electrons. The highest BCUT2D eigenvalue weighted by molar-refractivity contribution is 5.36. The van der Waals surface area contributed by atoms with E-state index in [1.165, 1.54) is 18.2 Å². The van der Waals surface area contributed by atoms with Crippen LogP contribution in [0.15, 0.2) is 18.2 Å². The third-order valence-corrected chi connectivity index (χ3v) is 3.28. The van der Waals surface area contributed by atoms with Gasteiger partial charge >= 0.3 is 0 Å². The molecule has 1 aliphatic carbocycles. The summed E-state index contributed by atoms with van der Waals surface area (Å²) in [5, 5.41) is 19.2. The Kier molecular flexibility index (Phi) is 2.93. The fourth-order valence-corrected chi connectivity index (χ4v) is 2.36. The molecule has 0 spiro atoms. The first-order valence-electron chi connectivity index (χ1n) is 5.58. The Morgan fingerprint density at radius 1 is 1.25 bits per heavy atom. The molecule has 2 rings (SSSR count). The number of nitrogens with zero attached hydrogens (tertiary/aromatic N) is 1. The maximum Gasteiger partial charge on any atom is 0.129 e. The van der Waals surface area contributed by atoms with Crippen molar-refractivity contribution >= 4 is 0 Å². The molecule has 2 nitrogen and oxygen atoms in total. The van der Waals surface area contributed by atoms with Crippen LogP contribution in [0.2, 0.25) is 0 Å². The van der Waals surface area contributed by atoms with Gasteiger partial charge in [-0.3, -0.25) is 0 Å². The molecular formula is C13H14FNO. The molecule has 1 N–H and O–H groups in total. The third-order valence-electron chi connectivity index (χ3n) is 3.28. The largest absolute Gasteiger partial charge is 0.385 e. The summed E-state index contributed by atoms with van der Waals surface area (Å²) in [6.45, 7) is 0. The van der Waals surface area contributed by atoms with E-state index < -0.39 is 11.4 Å². The minimum atomic E-state index is -1.07. The molecule has 0 saturated heterocycles. The molecule has 0 heterocycles. The molecule has 0 unspecified atom stereocenters. The van der Waals surface area contributed by atoms with E-state index in [1.807, 2.05) is 6.07 Å². The van der Waals surface area contributed by atoms with Gasteiger partial charge in [-0.1, -0.05) is 19.3 Å². The average molecular weight is 219 g/mol. The number of hydrogen-bond donors (Lipinski definition) is 1. The Bertz CT molecular complexity index is 430. The fourth-order valence-electron chi connectivity index (χ4n) is 2.36. The zero-order chi connectivity index (χ0) is 11.6. The number of rotatable bonds is 1. The van der Waals surface area contributed by atoms with Crippen molar-refractivity contribution in [3.05, 3.63) is 35.1 Å². The quantitative estimate of drug-likeness (QED) is 0.789. The second kappa shape index (κ2) is 4.23. The Morgan fingerprint density at radius 3 is 2.56 bits per heavy atom. The Balaban J connectivity index is 2.41. The van der Waals surface area contributed by atoms with E-state index >= 15 is 0 Å². The van der Waals surface area contributed by atoms with E-state index in [1.54, 1.807) is 0 Å². The number of nitriles is 1. The molecule has 84 valence electrons. The first kappa shape index (κ1) is 11.1. The van der Waals surface area contributed by atoms with Crippen LogP contribution in [-0.4, -0.2) is 5.11 Å². The molecular weight excluding hydrogens is 205 g/mol. The van der Waals surface area contributed by atoms with Crippen molar-refractivity contribution in [2.45, 2.75) is 37.7 Å². The smallest absolute Gasteiger partial charge is 0.129 e. The second-order valence-corrected chi connectivity index (χ2v) is 4.40. The van der Waals surface area contributed by atoms with Gasteiger partial charge in [0.2, 0.25) is 0 Å². The van der Waals surface area contributed by atoms with Crippen molar-refractivity contribution in [2.75, 3.05) is 0 Å². The van der Waals surface area contributed by atoms with Crippen molar-refractivity contribution in [1.29, 1.82) is 5.26 Å². The number of benzene rings is 1. The highest BCUT2D eigenvalue weighted by Crippen LogP contribution is 2.38. The van der Waals surface area contributed by atoms with Crippen molar-refractivity contribution in [3.63, 3.8) is 0 Å². The summed E-state index contributed by atoms with van der Waals surface area (Å²) in [6, 6.07) is 6.15. The zero-order valence-electron chi connectivity index (χ0n) is 9.04. The van der Waals surface area contributed by atoms with Gasteiger partial charge in [0.05, 0.1) is 17.2 Å². The molecule has 1 aromatic carbocycles. The van der Waals surface area contributed by atoms with Crippen LogP contribution in [0, 0.1) is 17.1 Å². The number of hydrogen-bond acceptors (Lipinski definition) is 2. The molecule has 16 heavy (non-hydrogen) atoms. The van der Waals surface area contributed by atoms with Crippen molar-refractivity contribution in [3.8, 4) is 6.07 Å². The minimum absolute atomic E-state index is 0.284. The first-order valence-corrected chi connectivity index (χ1v) is 5.58. The van der Waals surface area contributed by atoms with Gasteiger partial charge in [0, 0.05) is 5.56 Å². The zero-order valence-corrected chi connectivity index (χ0v) is 9.04. The van der Waals surface area contributed by atoms with Gasteiger partial charge in [-0.05, 0) is 31.0 Å². The lowest BCUT2D eigenvalue weighted by atomic mass is 9.79. The standard InChI is InChI=1S/C13H14FNO/c14-12-5-4-10(9-15)8-11(12)13(16)6-2-1-3-7-13/h4-5,8,16H,1-3,6-7H2. The van der Waals surface area contributed by atoms with Crippen LogP contribution in [0.5, 0.6) is 0 Å². The van der Waals surface area contributed by atoms with Gasteiger partial charge in [-0.2, -0.15) is 5.26 Å². The van der Waals surface area contributed by atoms with Crippen molar-refractivity contribution in [2.24, 2.45) is 0 Å². The predicted octanol–water partition coefficient (Wildman–Crippen LogP) is 2.85. The van der Waals surface area contributed by atoms with E-state index in [4.69, 9.17) is 5.26 Å². The van der Waals surface area contributed by atoms with Gasteiger partial charge in [0.25, 0.3) is 0 Å². The van der Waals surface area contributed by atoms with E-state index in [0.717, 1.165) is 19.3 Å². The lowest BCUT2D eigenvalue weighted by Gasteiger charge is -2.32. The summed E-state index contributed by atoms with van der Waals surface area (Å²) in [6.07, 6.45) is 4.07. The highest BCUT2D eigenvalue weighted by atomic mass is 19.1. The average Bonchev–Trinajstić information content (AvgIpc) is 2.30. The van der Waals surface area contributed by atoms with Gasteiger partial charge in [0.15, 0.2) is 0 Å². The van der Waals surface area contributed by atoms with Crippen molar-refractivity contribution in [1.82, 2.24) is 0 Å². The second-order valence-electron chi connectivity index (χ2n) is 4.40. The molecule has 0 aromatic heterocycles. The minimum Gasteiger partial charge on any atom is -0.385 e. The topological polar surface area (TPSA) is 44.0 Å². The van der Waals surface area contributed by atoms with Crippen molar-refractivity contribution < 1.29 is 9.50 Å². The SMILES string of the molecule is N#Cc1ccc(F)c(C2(O)CCCCC2)c1. The lowest BCUT2D eigenvalue weighted by Crippen LogP contribution is -2.29. The monoisotopic (exact) mass is 219 g/mol. The summed E-state index contributed by atoms with van der Waals surface area (Å²) in [7, 11) is 0. The Hall–Kier alpha value is -1.40. The molecule has 0 atom stereocenters. The molecule has 0 amide bonds. The molecule has 1 fully saturated rings. The van der Waals surface area contributed by atoms with E-state index in [9.17, 15) is 9.50 Å². The first-order chi connectivity index (χ1) is 7.65. The third kappa shape index (κ3) is 1.94. The van der Waals surface area contributed by atoms with E-state index in [-0.39, 0.29) is 5.56 Å². The van der Waals surface area contributed by atoms with Gasteiger partial charge in [-0.15, -0.1) is 0 Å². The van der Waals surface area contributed by atoms with Crippen LogP contribution in [0.1, 0.15) is 43.2 Å². The van der Waals surface area contributed by atoms with Crippen LogP contribution >= 0.6 is 0 Å². The number of halogens is 1. The lowest BCUT2D eigenvalue weighted by molar-refractivity contribution is -0.00375. The Morgan fingerprint density at radius 2 is 1.94 bits per heavy atom. The maximum absolute atomic E-state index is 13.7.